The lowest BCUT2D eigenvalue weighted by atomic mass is 10.0. The van der Waals surface area contributed by atoms with Crippen molar-refractivity contribution in [2.45, 2.75) is 13.8 Å². The van der Waals surface area contributed by atoms with Gasteiger partial charge in [0.25, 0.3) is 0 Å². The molecule has 6 nitrogen and oxygen atoms in total. The Labute approximate surface area is 147 Å². The lowest BCUT2D eigenvalue weighted by Crippen LogP contribution is -2.05. The zero-order valence-corrected chi connectivity index (χ0v) is 14.8. The molecule has 7 heteroatoms. The van der Waals surface area contributed by atoms with Crippen molar-refractivity contribution >= 4 is 18.3 Å². The molecule has 128 valence electrons. The second kappa shape index (κ2) is 8.56. The van der Waals surface area contributed by atoms with Gasteiger partial charge in [0.05, 0.1) is 19.0 Å². The summed E-state index contributed by atoms with van der Waals surface area (Å²) < 4.78 is 16.0. The highest BCUT2D eigenvalue weighted by Gasteiger charge is 2.09. The van der Waals surface area contributed by atoms with Crippen LogP contribution in [0.5, 0.6) is 17.5 Å². The van der Waals surface area contributed by atoms with Crippen LogP contribution in [-0.2, 0) is 4.74 Å². The monoisotopic (exact) mass is 347 g/mol. The molecule has 0 bridgehead atoms. The molecule has 0 aliphatic heterocycles. The highest BCUT2D eigenvalue weighted by Crippen LogP contribution is 2.28. The van der Waals surface area contributed by atoms with E-state index >= 15 is 0 Å². The highest BCUT2D eigenvalue weighted by atomic mass is 32.1. The molecular formula is C17H21N3O3S. The van der Waals surface area contributed by atoms with Crippen LogP contribution in [0.25, 0.3) is 5.70 Å². The fraction of sp³-hybridized carbons (Fsp3) is 0.294. The highest BCUT2D eigenvalue weighted by molar-refractivity contribution is 7.83. The van der Waals surface area contributed by atoms with Crippen molar-refractivity contribution in [2.24, 2.45) is 5.73 Å². The zero-order chi connectivity index (χ0) is 17.5. The number of nitrogens with zero attached hydrogens (tertiary/aromatic N) is 2. The van der Waals surface area contributed by atoms with Gasteiger partial charge in [0, 0.05) is 18.4 Å². The maximum absolute atomic E-state index is 5.96. The summed E-state index contributed by atoms with van der Waals surface area (Å²) in [7, 11) is 1.61. The molecule has 0 saturated carbocycles. The molecule has 24 heavy (non-hydrogen) atoms. The third kappa shape index (κ3) is 4.62. The van der Waals surface area contributed by atoms with Crippen molar-refractivity contribution in [3.63, 3.8) is 0 Å². The number of benzene rings is 1. The van der Waals surface area contributed by atoms with Crippen LogP contribution in [0.2, 0.25) is 0 Å². The largest absolute Gasteiger partial charge is 0.474 e. The van der Waals surface area contributed by atoms with Gasteiger partial charge in [-0.15, -0.1) is 12.6 Å². The third-order valence-electron chi connectivity index (χ3n) is 3.30. The number of ether oxygens (including phenoxy) is 3. The Morgan fingerprint density at radius 2 is 1.75 bits per heavy atom. The molecule has 0 saturated heterocycles. The standard InChI is InChI=1S/C17H21N3O3S/c1-11-6-13(7-12(2)17(11)14(18)10-24)23-16-9-19-15(8-20-16)22-5-4-21-3/h6-10,24H,4-5,18H2,1-3H3/b14-10-. The Kier molecular flexibility index (Phi) is 6.45. The summed E-state index contributed by atoms with van der Waals surface area (Å²) in [4.78, 5) is 8.33. The molecule has 0 spiro atoms. The molecular weight excluding hydrogens is 326 g/mol. The lowest BCUT2D eigenvalue weighted by Gasteiger charge is -2.13. The average Bonchev–Trinajstić information content (AvgIpc) is 2.56. The van der Waals surface area contributed by atoms with E-state index in [0.29, 0.717) is 36.4 Å². The molecule has 0 fully saturated rings. The van der Waals surface area contributed by atoms with Crippen LogP contribution in [0.15, 0.2) is 29.9 Å². The van der Waals surface area contributed by atoms with E-state index in [1.807, 2.05) is 26.0 Å². The Hall–Kier alpha value is -2.25. The number of hydrogen-bond donors (Lipinski definition) is 2. The van der Waals surface area contributed by atoms with Crippen LogP contribution in [0, 0.1) is 13.8 Å². The summed E-state index contributed by atoms with van der Waals surface area (Å²) in [6.45, 7) is 4.86. The van der Waals surface area contributed by atoms with Gasteiger partial charge in [-0.2, -0.15) is 0 Å². The van der Waals surface area contributed by atoms with Gasteiger partial charge < -0.3 is 19.9 Å². The van der Waals surface area contributed by atoms with Gasteiger partial charge in [-0.25, -0.2) is 9.97 Å². The number of methoxy groups -OCH3 is 1. The van der Waals surface area contributed by atoms with Gasteiger partial charge in [0.2, 0.25) is 11.8 Å². The van der Waals surface area contributed by atoms with Crippen LogP contribution >= 0.6 is 12.6 Å². The van der Waals surface area contributed by atoms with Gasteiger partial charge in [-0.3, -0.25) is 0 Å². The van der Waals surface area contributed by atoms with Crippen LogP contribution in [0.4, 0.5) is 0 Å². The summed E-state index contributed by atoms with van der Waals surface area (Å²) in [6.07, 6.45) is 3.03. The number of hydrogen-bond acceptors (Lipinski definition) is 7. The summed E-state index contributed by atoms with van der Waals surface area (Å²) in [5.41, 5.74) is 9.55. The first-order valence-electron chi connectivity index (χ1n) is 7.38. The summed E-state index contributed by atoms with van der Waals surface area (Å²) in [5, 5.41) is 1.59. The van der Waals surface area contributed by atoms with E-state index in [-0.39, 0.29) is 0 Å². The van der Waals surface area contributed by atoms with E-state index < -0.39 is 0 Å². The van der Waals surface area contributed by atoms with Crippen molar-refractivity contribution in [1.29, 1.82) is 0 Å². The van der Waals surface area contributed by atoms with E-state index in [1.54, 1.807) is 12.5 Å². The molecule has 0 radical (unpaired) electrons. The Balaban J connectivity index is 2.11. The first-order chi connectivity index (χ1) is 11.5. The summed E-state index contributed by atoms with van der Waals surface area (Å²) in [6, 6.07) is 3.80. The Morgan fingerprint density at radius 3 is 2.29 bits per heavy atom. The van der Waals surface area contributed by atoms with Gasteiger partial charge in [0.1, 0.15) is 12.4 Å². The minimum absolute atomic E-state index is 0.387. The third-order valence-corrected chi connectivity index (χ3v) is 3.58. The lowest BCUT2D eigenvalue weighted by molar-refractivity contribution is 0.143. The topological polar surface area (TPSA) is 79.5 Å². The number of rotatable bonds is 7. The van der Waals surface area contributed by atoms with E-state index in [9.17, 15) is 0 Å². The molecule has 0 atom stereocenters. The number of thiol groups is 1. The molecule has 0 unspecified atom stereocenters. The second-order valence-corrected chi connectivity index (χ2v) is 5.41. The molecule has 0 amide bonds. The van der Waals surface area contributed by atoms with Gasteiger partial charge in [0.15, 0.2) is 0 Å². The Bertz CT molecular complexity index is 695. The smallest absolute Gasteiger partial charge is 0.238 e. The van der Waals surface area contributed by atoms with E-state index in [4.69, 9.17) is 19.9 Å². The SMILES string of the molecule is COCCOc1cnc(Oc2cc(C)c(/C(N)=C/S)c(C)c2)cn1. The van der Waals surface area contributed by atoms with Crippen LogP contribution in [0.3, 0.4) is 0 Å². The van der Waals surface area contributed by atoms with Crippen molar-refractivity contribution in [2.75, 3.05) is 20.3 Å². The van der Waals surface area contributed by atoms with Crippen molar-refractivity contribution < 1.29 is 14.2 Å². The number of nitrogens with two attached hydrogens (primary N) is 1. The molecule has 0 aliphatic rings. The molecule has 1 aromatic carbocycles. The quantitative estimate of drug-likeness (QED) is 0.592. The first kappa shape index (κ1) is 18.1. The summed E-state index contributed by atoms with van der Waals surface area (Å²) in [5.74, 6) is 1.48. The van der Waals surface area contributed by atoms with E-state index in [0.717, 1.165) is 16.7 Å². The maximum atomic E-state index is 5.96. The fourth-order valence-electron chi connectivity index (χ4n) is 2.28. The van der Waals surface area contributed by atoms with Gasteiger partial charge in [-0.05, 0) is 42.5 Å². The number of aryl methyl sites for hydroxylation is 2. The van der Waals surface area contributed by atoms with Gasteiger partial charge >= 0.3 is 0 Å². The fourth-order valence-corrected chi connectivity index (χ4v) is 2.41. The van der Waals surface area contributed by atoms with Crippen LogP contribution in [0.1, 0.15) is 16.7 Å². The zero-order valence-electron chi connectivity index (χ0n) is 13.9. The van der Waals surface area contributed by atoms with Crippen molar-refractivity contribution in [3.8, 4) is 17.5 Å². The molecule has 2 N–H and O–H groups in total. The molecule has 2 aromatic rings. The normalized spacial score (nSPS) is 11.4. The van der Waals surface area contributed by atoms with E-state index in [2.05, 4.69) is 22.6 Å². The second-order valence-electron chi connectivity index (χ2n) is 5.15. The van der Waals surface area contributed by atoms with Crippen LogP contribution < -0.4 is 15.2 Å². The molecule has 1 aromatic heterocycles. The average molecular weight is 347 g/mol. The van der Waals surface area contributed by atoms with Gasteiger partial charge in [-0.1, -0.05) is 0 Å². The van der Waals surface area contributed by atoms with E-state index in [1.165, 1.54) is 12.4 Å². The van der Waals surface area contributed by atoms with Crippen LogP contribution in [-0.4, -0.2) is 30.3 Å². The van der Waals surface area contributed by atoms with Crippen molar-refractivity contribution in [3.05, 3.63) is 46.6 Å². The Morgan fingerprint density at radius 1 is 1.12 bits per heavy atom. The predicted molar refractivity (Wildman–Crippen MR) is 96.5 cm³/mol. The summed E-state index contributed by atoms with van der Waals surface area (Å²) >= 11 is 4.11. The molecule has 0 aliphatic carbocycles. The maximum Gasteiger partial charge on any atom is 0.238 e. The predicted octanol–water partition coefficient (Wildman–Crippen LogP) is 3.10. The molecule has 2 rings (SSSR count). The minimum Gasteiger partial charge on any atom is -0.474 e. The minimum atomic E-state index is 0.387. The van der Waals surface area contributed by atoms with Crippen molar-refractivity contribution in [1.82, 2.24) is 9.97 Å². The molecule has 1 heterocycles. The number of aromatic nitrogens is 2. The first-order valence-corrected chi connectivity index (χ1v) is 7.90.